The number of pyridine rings is 1. The van der Waals surface area contributed by atoms with Crippen LogP contribution in [-0.4, -0.2) is 27.0 Å². The second-order valence-electron chi connectivity index (χ2n) is 7.22. The van der Waals surface area contributed by atoms with Gasteiger partial charge in [0.25, 0.3) is 11.5 Å². The van der Waals surface area contributed by atoms with E-state index >= 15 is 0 Å². The third kappa shape index (κ3) is 4.79. The molecule has 10 heteroatoms. The van der Waals surface area contributed by atoms with Crippen LogP contribution in [-0.2, 0) is 6.54 Å². The lowest BCUT2D eigenvalue weighted by atomic mass is 10.2. The first-order valence-corrected chi connectivity index (χ1v) is 9.81. The van der Waals surface area contributed by atoms with E-state index < -0.39 is 28.9 Å². The zero-order valence-corrected chi connectivity index (χ0v) is 17.0. The maximum Gasteiger partial charge on any atom is 0.323 e. The quantitative estimate of drug-likeness (QED) is 0.391. The molecule has 1 amide bonds. The van der Waals surface area contributed by atoms with Crippen LogP contribution < -0.4 is 16.6 Å². The van der Waals surface area contributed by atoms with Crippen LogP contribution in [0, 0.1) is 17.5 Å². The van der Waals surface area contributed by atoms with Crippen molar-refractivity contribution in [2.45, 2.75) is 6.54 Å². The van der Waals surface area contributed by atoms with Gasteiger partial charge in [-0.05, 0) is 47.5 Å². The minimum Gasteiger partial charge on any atom is -0.348 e. The second kappa shape index (κ2) is 9.03. The fourth-order valence-corrected chi connectivity index (χ4v) is 3.33. The maximum atomic E-state index is 13.4. The number of carbonyl (C=O) groups excluding carboxylic acids is 1. The third-order valence-corrected chi connectivity index (χ3v) is 4.89. The lowest BCUT2D eigenvalue weighted by Gasteiger charge is -2.09. The Labute approximate surface area is 184 Å². The monoisotopic (exact) mass is 454 g/mol. The number of rotatable bonds is 6. The highest BCUT2D eigenvalue weighted by Crippen LogP contribution is 2.14. The van der Waals surface area contributed by atoms with E-state index in [0.717, 1.165) is 22.3 Å². The molecule has 0 aliphatic carbocycles. The molecule has 3 N–H and O–H groups in total. The van der Waals surface area contributed by atoms with Gasteiger partial charge < -0.3 is 19.9 Å². The molecule has 2 heterocycles. The van der Waals surface area contributed by atoms with Gasteiger partial charge in [-0.25, -0.2) is 18.0 Å². The summed E-state index contributed by atoms with van der Waals surface area (Å²) < 4.78 is 41.1. The summed E-state index contributed by atoms with van der Waals surface area (Å²) in [4.78, 5) is 41.7. The molecule has 0 saturated carbocycles. The summed E-state index contributed by atoms with van der Waals surface area (Å²) in [5, 5.41) is 2.60. The molecule has 0 saturated heterocycles. The summed E-state index contributed by atoms with van der Waals surface area (Å²) in [6.07, 6.45) is 4.78. The minimum atomic E-state index is -1.59. The number of aromatic amines is 2. The van der Waals surface area contributed by atoms with Crippen molar-refractivity contribution in [2.75, 3.05) is 6.54 Å². The minimum absolute atomic E-state index is 0.0368. The van der Waals surface area contributed by atoms with Gasteiger partial charge in [0.1, 0.15) is 5.56 Å². The van der Waals surface area contributed by atoms with Gasteiger partial charge in [0.2, 0.25) is 0 Å². The van der Waals surface area contributed by atoms with Gasteiger partial charge in [-0.3, -0.25) is 9.59 Å². The van der Waals surface area contributed by atoms with Crippen LogP contribution in [0.25, 0.3) is 17.1 Å². The molecular weight excluding hydrogens is 437 g/mol. The van der Waals surface area contributed by atoms with E-state index in [2.05, 4.69) is 15.3 Å². The second-order valence-corrected chi connectivity index (χ2v) is 7.22. The largest absolute Gasteiger partial charge is 0.348 e. The predicted molar refractivity (Wildman–Crippen MR) is 116 cm³/mol. The standard InChI is InChI=1S/C23H17F3N4O3/c24-16-9-14(10-17(25)20(16)26)12-30-8-2-4-15(22(30)32)21(31)27-7-1-3-13-5-6-18-19(11-13)29-23(33)28-18/h1-6,8-11H,7,12H2,(H,27,31)(H2,28,29,33)/b3-1+. The third-order valence-electron chi connectivity index (χ3n) is 4.89. The number of nitrogens with zero attached hydrogens (tertiary/aromatic N) is 1. The summed E-state index contributed by atoms with van der Waals surface area (Å²) in [6, 6.07) is 9.68. The van der Waals surface area contributed by atoms with E-state index in [4.69, 9.17) is 0 Å². The summed E-state index contributed by atoms with van der Waals surface area (Å²) in [7, 11) is 0. The summed E-state index contributed by atoms with van der Waals surface area (Å²) in [5.41, 5.74) is 1.05. The molecule has 0 unspecified atom stereocenters. The van der Waals surface area contributed by atoms with Gasteiger partial charge in [0, 0.05) is 12.7 Å². The van der Waals surface area contributed by atoms with E-state index in [9.17, 15) is 27.6 Å². The SMILES string of the molecule is O=C(NC/C=C/c1ccc2[nH]c(=O)[nH]c2c1)c1cccn(Cc2cc(F)c(F)c(F)c2)c1=O. The average Bonchev–Trinajstić information content (AvgIpc) is 3.15. The number of nitrogens with one attached hydrogen (secondary N) is 3. The van der Waals surface area contributed by atoms with Crippen LogP contribution >= 0.6 is 0 Å². The number of H-pyrrole nitrogens is 2. The van der Waals surface area contributed by atoms with E-state index in [-0.39, 0.29) is 29.9 Å². The number of carbonyl (C=O) groups is 1. The molecule has 7 nitrogen and oxygen atoms in total. The van der Waals surface area contributed by atoms with Crippen LogP contribution in [0.3, 0.4) is 0 Å². The molecule has 0 aliphatic rings. The number of aromatic nitrogens is 3. The van der Waals surface area contributed by atoms with Crippen LogP contribution in [0.15, 0.2) is 64.3 Å². The Morgan fingerprint density at radius 2 is 1.73 bits per heavy atom. The Morgan fingerprint density at radius 1 is 1.00 bits per heavy atom. The first-order valence-electron chi connectivity index (χ1n) is 9.81. The number of fused-ring (bicyclic) bond motifs is 1. The van der Waals surface area contributed by atoms with E-state index in [1.807, 2.05) is 0 Å². The number of hydrogen-bond donors (Lipinski definition) is 3. The Hall–Kier alpha value is -4.34. The number of imidazole rings is 1. The van der Waals surface area contributed by atoms with Crippen LogP contribution in [0.4, 0.5) is 13.2 Å². The van der Waals surface area contributed by atoms with E-state index in [1.54, 1.807) is 30.4 Å². The van der Waals surface area contributed by atoms with Gasteiger partial charge in [-0.2, -0.15) is 0 Å². The molecule has 4 aromatic rings. The van der Waals surface area contributed by atoms with Crippen molar-refractivity contribution in [1.82, 2.24) is 19.9 Å². The topological polar surface area (TPSA) is 99.8 Å². The van der Waals surface area contributed by atoms with Crippen molar-refractivity contribution in [2.24, 2.45) is 0 Å². The Morgan fingerprint density at radius 3 is 2.48 bits per heavy atom. The summed E-state index contributed by atoms with van der Waals surface area (Å²) in [6.45, 7) is -0.110. The Kier molecular flexibility index (Phi) is 5.99. The zero-order chi connectivity index (χ0) is 23.5. The lowest BCUT2D eigenvalue weighted by Crippen LogP contribution is -2.33. The molecule has 0 spiro atoms. The zero-order valence-electron chi connectivity index (χ0n) is 17.0. The van der Waals surface area contributed by atoms with Gasteiger partial charge in [-0.15, -0.1) is 0 Å². The summed E-state index contributed by atoms with van der Waals surface area (Å²) >= 11 is 0. The molecule has 4 rings (SSSR count). The molecule has 33 heavy (non-hydrogen) atoms. The Balaban J connectivity index is 1.43. The average molecular weight is 454 g/mol. The molecule has 0 aliphatic heterocycles. The lowest BCUT2D eigenvalue weighted by molar-refractivity contribution is 0.0956. The van der Waals surface area contributed by atoms with Gasteiger partial charge in [-0.1, -0.05) is 18.2 Å². The smallest absolute Gasteiger partial charge is 0.323 e. The van der Waals surface area contributed by atoms with Crippen LogP contribution in [0.5, 0.6) is 0 Å². The van der Waals surface area contributed by atoms with Crippen molar-refractivity contribution in [3.05, 3.63) is 110 Å². The molecule has 0 bridgehead atoms. The van der Waals surface area contributed by atoms with Crippen molar-refractivity contribution in [3.63, 3.8) is 0 Å². The fraction of sp³-hybridized carbons (Fsp3) is 0.0870. The van der Waals surface area contributed by atoms with Gasteiger partial charge in [0.05, 0.1) is 17.6 Å². The number of hydrogen-bond acceptors (Lipinski definition) is 3. The first-order chi connectivity index (χ1) is 15.8. The molecule has 2 aromatic heterocycles. The highest BCUT2D eigenvalue weighted by atomic mass is 19.2. The van der Waals surface area contributed by atoms with Crippen LogP contribution in [0.1, 0.15) is 21.5 Å². The molecule has 0 atom stereocenters. The molecule has 0 radical (unpaired) electrons. The predicted octanol–water partition coefficient (Wildman–Crippen LogP) is 2.93. The highest BCUT2D eigenvalue weighted by Gasteiger charge is 2.14. The molecule has 0 fully saturated rings. The van der Waals surface area contributed by atoms with E-state index in [0.29, 0.717) is 11.0 Å². The van der Waals surface area contributed by atoms with Crippen LogP contribution in [0.2, 0.25) is 0 Å². The first kappa shape index (κ1) is 21.9. The van der Waals surface area contributed by atoms with Crippen molar-refractivity contribution in [1.29, 1.82) is 0 Å². The van der Waals surface area contributed by atoms with Gasteiger partial charge >= 0.3 is 5.69 Å². The highest BCUT2D eigenvalue weighted by molar-refractivity contribution is 5.93. The van der Waals surface area contributed by atoms with Crippen molar-refractivity contribution in [3.8, 4) is 0 Å². The number of amides is 1. The molecule has 2 aromatic carbocycles. The summed E-state index contributed by atoms with van der Waals surface area (Å²) in [5.74, 6) is -4.93. The number of benzene rings is 2. The van der Waals surface area contributed by atoms with E-state index in [1.165, 1.54) is 18.3 Å². The van der Waals surface area contributed by atoms with Crippen molar-refractivity contribution < 1.29 is 18.0 Å². The molecular formula is C23H17F3N4O3. The number of halogens is 3. The van der Waals surface area contributed by atoms with Crippen molar-refractivity contribution >= 4 is 23.0 Å². The normalized spacial score (nSPS) is 11.4. The van der Waals surface area contributed by atoms with Gasteiger partial charge in [0.15, 0.2) is 17.5 Å². The Bertz CT molecular complexity index is 1480. The maximum absolute atomic E-state index is 13.4. The molecule has 168 valence electrons. The fourth-order valence-electron chi connectivity index (χ4n) is 3.33.